The lowest BCUT2D eigenvalue weighted by atomic mass is 10.1. The summed E-state index contributed by atoms with van der Waals surface area (Å²) in [5, 5.41) is 10.1. The van der Waals surface area contributed by atoms with Gasteiger partial charge in [0.1, 0.15) is 18.7 Å². The van der Waals surface area contributed by atoms with Gasteiger partial charge < -0.3 is 4.74 Å². The van der Waals surface area contributed by atoms with Crippen molar-refractivity contribution < 1.29 is 9.53 Å². The Bertz CT molecular complexity index is 1320. The SMILES string of the molecule is O=C(Nc1ncn(Cc2ccc(Cl)cc2Cl)n1)c1cc(COc2ccc3c(c2)CCC3)cs1. The van der Waals surface area contributed by atoms with Crippen LogP contribution >= 0.6 is 34.5 Å². The van der Waals surface area contributed by atoms with Crippen LogP contribution in [-0.2, 0) is 26.0 Å². The highest BCUT2D eigenvalue weighted by molar-refractivity contribution is 7.12. The van der Waals surface area contributed by atoms with Crippen molar-refractivity contribution in [3.63, 3.8) is 0 Å². The number of anilines is 1. The Morgan fingerprint density at radius 1 is 1.12 bits per heavy atom. The number of hydrogen-bond donors (Lipinski definition) is 1. The molecule has 33 heavy (non-hydrogen) atoms. The van der Waals surface area contributed by atoms with E-state index in [4.69, 9.17) is 27.9 Å². The highest BCUT2D eigenvalue weighted by atomic mass is 35.5. The molecule has 4 aromatic rings. The number of hydrogen-bond acceptors (Lipinski definition) is 5. The minimum Gasteiger partial charge on any atom is -0.489 e. The second-order valence-corrected chi connectivity index (χ2v) is 9.60. The number of nitrogens with zero attached hydrogens (tertiary/aromatic N) is 3. The lowest BCUT2D eigenvalue weighted by Crippen LogP contribution is -2.12. The highest BCUT2D eigenvalue weighted by Crippen LogP contribution is 2.27. The van der Waals surface area contributed by atoms with Crippen LogP contribution in [0, 0.1) is 0 Å². The molecule has 1 aliphatic carbocycles. The molecule has 0 atom stereocenters. The van der Waals surface area contributed by atoms with Crippen LogP contribution in [0.4, 0.5) is 5.95 Å². The van der Waals surface area contributed by atoms with Crippen molar-refractivity contribution in [2.24, 2.45) is 0 Å². The molecule has 2 heterocycles. The van der Waals surface area contributed by atoms with E-state index in [1.54, 1.807) is 23.1 Å². The van der Waals surface area contributed by atoms with E-state index in [2.05, 4.69) is 27.5 Å². The highest BCUT2D eigenvalue weighted by Gasteiger charge is 2.14. The van der Waals surface area contributed by atoms with Crippen LogP contribution in [-0.4, -0.2) is 20.7 Å². The number of amides is 1. The molecule has 0 bridgehead atoms. The Hall–Kier alpha value is -2.87. The van der Waals surface area contributed by atoms with Crippen molar-refractivity contribution in [3.8, 4) is 5.75 Å². The summed E-state index contributed by atoms with van der Waals surface area (Å²) in [6.45, 7) is 0.833. The quantitative estimate of drug-likeness (QED) is 0.338. The zero-order chi connectivity index (χ0) is 22.8. The van der Waals surface area contributed by atoms with Gasteiger partial charge in [0.25, 0.3) is 5.91 Å². The maximum atomic E-state index is 12.6. The van der Waals surface area contributed by atoms with Gasteiger partial charge in [-0.3, -0.25) is 10.1 Å². The average molecular weight is 499 g/mol. The van der Waals surface area contributed by atoms with E-state index < -0.39 is 0 Å². The molecule has 9 heteroatoms. The Labute approximate surface area is 205 Å². The first kappa shape index (κ1) is 21.9. The van der Waals surface area contributed by atoms with Crippen molar-refractivity contribution in [3.05, 3.63) is 91.3 Å². The van der Waals surface area contributed by atoms with Gasteiger partial charge in [0.05, 0.1) is 11.4 Å². The number of halogens is 2. The van der Waals surface area contributed by atoms with Crippen LogP contribution in [0.5, 0.6) is 5.75 Å². The fourth-order valence-electron chi connectivity index (χ4n) is 3.79. The summed E-state index contributed by atoms with van der Waals surface area (Å²) in [6.07, 6.45) is 5.03. The maximum Gasteiger partial charge on any atom is 0.268 e. The molecule has 2 aromatic carbocycles. The second kappa shape index (κ2) is 9.55. The molecule has 0 saturated heterocycles. The van der Waals surface area contributed by atoms with Crippen LogP contribution in [0.25, 0.3) is 0 Å². The third-order valence-corrected chi connectivity index (χ3v) is 7.03. The molecule has 0 saturated carbocycles. The molecule has 1 amide bonds. The molecule has 2 aromatic heterocycles. The fraction of sp³-hybridized carbons (Fsp3) is 0.208. The number of aryl methyl sites for hydroxylation is 2. The van der Waals surface area contributed by atoms with Gasteiger partial charge in [0.2, 0.25) is 5.95 Å². The van der Waals surface area contributed by atoms with E-state index in [-0.39, 0.29) is 11.9 Å². The van der Waals surface area contributed by atoms with Gasteiger partial charge in [-0.05, 0) is 71.7 Å². The number of fused-ring (bicyclic) bond motifs is 1. The summed E-state index contributed by atoms with van der Waals surface area (Å²) in [4.78, 5) is 17.4. The summed E-state index contributed by atoms with van der Waals surface area (Å²) < 4.78 is 7.54. The summed E-state index contributed by atoms with van der Waals surface area (Å²) in [6, 6.07) is 13.4. The molecule has 0 unspecified atom stereocenters. The van der Waals surface area contributed by atoms with E-state index in [1.165, 1.54) is 28.9 Å². The Kier molecular flexibility index (Phi) is 6.35. The molecule has 0 spiro atoms. The molecule has 168 valence electrons. The number of rotatable bonds is 7. The summed E-state index contributed by atoms with van der Waals surface area (Å²) in [7, 11) is 0. The first-order valence-electron chi connectivity index (χ1n) is 10.5. The molecule has 0 fully saturated rings. The van der Waals surface area contributed by atoms with Crippen molar-refractivity contribution >= 4 is 46.4 Å². The second-order valence-electron chi connectivity index (χ2n) is 7.85. The number of ether oxygens (including phenoxy) is 1. The fourth-order valence-corrected chi connectivity index (χ4v) is 5.05. The minimum atomic E-state index is -0.258. The topological polar surface area (TPSA) is 69.0 Å². The predicted octanol–water partition coefficient (Wildman–Crippen LogP) is 6.01. The summed E-state index contributed by atoms with van der Waals surface area (Å²) in [5.41, 5.74) is 4.60. The van der Waals surface area contributed by atoms with Gasteiger partial charge >= 0.3 is 0 Å². The van der Waals surface area contributed by atoms with Crippen molar-refractivity contribution in [1.82, 2.24) is 14.8 Å². The van der Waals surface area contributed by atoms with Gasteiger partial charge in [0.15, 0.2) is 0 Å². The zero-order valence-corrected chi connectivity index (χ0v) is 19.9. The molecule has 1 aliphatic rings. The van der Waals surface area contributed by atoms with E-state index in [9.17, 15) is 4.79 Å². The largest absolute Gasteiger partial charge is 0.489 e. The van der Waals surface area contributed by atoms with Gasteiger partial charge in [0, 0.05) is 15.6 Å². The predicted molar refractivity (Wildman–Crippen MR) is 131 cm³/mol. The van der Waals surface area contributed by atoms with Gasteiger partial charge in [-0.1, -0.05) is 35.3 Å². The van der Waals surface area contributed by atoms with E-state index >= 15 is 0 Å². The molecule has 1 N–H and O–H groups in total. The number of carbonyl (C=O) groups excluding carboxylic acids is 1. The molecule has 5 rings (SSSR count). The monoisotopic (exact) mass is 498 g/mol. The molecule has 0 aliphatic heterocycles. The number of aromatic nitrogens is 3. The first-order chi connectivity index (χ1) is 16.0. The van der Waals surface area contributed by atoms with Crippen LogP contribution < -0.4 is 10.1 Å². The lowest BCUT2D eigenvalue weighted by Gasteiger charge is -2.07. The van der Waals surface area contributed by atoms with Crippen molar-refractivity contribution in [1.29, 1.82) is 0 Å². The first-order valence-corrected chi connectivity index (χ1v) is 12.1. The number of nitrogens with one attached hydrogen (secondary N) is 1. The number of carbonyl (C=O) groups is 1. The Balaban J connectivity index is 1.17. The third kappa shape index (κ3) is 5.21. The molecular formula is C24H20Cl2N4O2S. The van der Waals surface area contributed by atoms with Crippen LogP contribution in [0.1, 0.15) is 38.3 Å². The van der Waals surface area contributed by atoms with Crippen LogP contribution in [0.15, 0.2) is 54.2 Å². The van der Waals surface area contributed by atoms with Gasteiger partial charge in [-0.2, -0.15) is 0 Å². The van der Waals surface area contributed by atoms with E-state index in [0.717, 1.165) is 29.7 Å². The standard InChI is InChI=1S/C24H20Cl2N4O2S/c25-19-6-4-18(21(26)10-19)11-30-14-27-24(29-30)28-23(31)22-8-15(13-33-22)12-32-20-7-5-16-2-1-3-17(16)9-20/h4-10,13-14H,1-3,11-12H2,(H,28,29,31). The normalized spacial score (nSPS) is 12.5. The smallest absolute Gasteiger partial charge is 0.268 e. The van der Waals surface area contributed by atoms with E-state index in [0.29, 0.717) is 28.1 Å². The number of benzene rings is 2. The Morgan fingerprint density at radius 3 is 2.88 bits per heavy atom. The molecular weight excluding hydrogens is 479 g/mol. The van der Waals surface area contributed by atoms with Crippen LogP contribution in [0.3, 0.4) is 0 Å². The maximum absolute atomic E-state index is 12.6. The minimum absolute atomic E-state index is 0.231. The molecule has 0 radical (unpaired) electrons. The average Bonchev–Trinajstić information content (AvgIpc) is 3.55. The van der Waals surface area contributed by atoms with Crippen molar-refractivity contribution in [2.45, 2.75) is 32.4 Å². The van der Waals surface area contributed by atoms with E-state index in [1.807, 2.05) is 23.6 Å². The van der Waals surface area contributed by atoms with Crippen molar-refractivity contribution in [2.75, 3.05) is 5.32 Å². The lowest BCUT2D eigenvalue weighted by molar-refractivity contribution is 0.102. The Morgan fingerprint density at radius 2 is 2.00 bits per heavy atom. The third-order valence-electron chi connectivity index (χ3n) is 5.46. The summed E-state index contributed by atoms with van der Waals surface area (Å²) >= 11 is 13.5. The van der Waals surface area contributed by atoms with Gasteiger partial charge in [-0.25, -0.2) is 9.67 Å². The van der Waals surface area contributed by atoms with Gasteiger partial charge in [-0.15, -0.1) is 16.4 Å². The number of thiophene rings is 1. The zero-order valence-electron chi connectivity index (χ0n) is 17.6. The van der Waals surface area contributed by atoms with Crippen LogP contribution in [0.2, 0.25) is 10.0 Å². The molecule has 6 nitrogen and oxygen atoms in total. The summed E-state index contributed by atoms with van der Waals surface area (Å²) in [5.74, 6) is 0.837.